The van der Waals surface area contributed by atoms with Crippen molar-refractivity contribution in [2.45, 2.75) is 76.3 Å². The van der Waals surface area contributed by atoms with Crippen LogP contribution in [0.15, 0.2) is 109 Å². The number of hydrogen-bond donors (Lipinski definition) is 4. The maximum absolute atomic E-state index is 14.1. The summed E-state index contributed by atoms with van der Waals surface area (Å²) in [6.07, 6.45) is 5.83. The van der Waals surface area contributed by atoms with Crippen LogP contribution in [0.25, 0.3) is 33.2 Å². The highest BCUT2D eigenvalue weighted by atomic mass is 16.5. The van der Waals surface area contributed by atoms with E-state index in [1.165, 1.54) is 14.2 Å². The van der Waals surface area contributed by atoms with Crippen LogP contribution in [-0.2, 0) is 19.1 Å². The van der Waals surface area contributed by atoms with Crippen LogP contribution in [0, 0.1) is 5.92 Å². The van der Waals surface area contributed by atoms with E-state index in [-0.39, 0.29) is 41.9 Å². The van der Waals surface area contributed by atoms with Crippen LogP contribution in [0.3, 0.4) is 0 Å². The molecule has 0 spiro atoms. The number of H-pyrrole nitrogens is 1. The predicted octanol–water partition coefficient (Wildman–Crippen LogP) is 7.02. The van der Waals surface area contributed by atoms with Crippen molar-refractivity contribution < 1.29 is 28.7 Å². The molecule has 8 rings (SSSR count). The minimum absolute atomic E-state index is 0.0213. The van der Waals surface area contributed by atoms with Crippen molar-refractivity contribution >= 4 is 40.6 Å². The molecule has 15 heteroatoms. The summed E-state index contributed by atoms with van der Waals surface area (Å²) in [4.78, 5) is 73.1. The first-order valence-electron chi connectivity index (χ1n) is 21.3. The number of fused-ring (bicyclic) bond motifs is 1. The third-order valence-corrected chi connectivity index (χ3v) is 12.3. The van der Waals surface area contributed by atoms with Crippen LogP contribution in [0.4, 0.5) is 9.59 Å². The van der Waals surface area contributed by atoms with Crippen LogP contribution in [0.1, 0.15) is 75.1 Å². The number of methoxy groups -OCH3 is 2. The Morgan fingerprint density at radius 1 is 0.841 bits per heavy atom. The molecule has 6 atom stereocenters. The fourth-order valence-electron chi connectivity index (χ4n) is 8.92. The third kappa shape index (κ3) is 8.86. The highest BCUT2D eigenvalue weighted by molar-refractivity contribution is 5.97. The molecular weight excluding hydrogens is 799 g/mol. The number of nitrogens with zero attached hydrogens (tertiary/aromatic N) is 5. The molecule has 15 nitrogen and oxygen atoms in total. The number of aromatic nitrogens is 3. The number of carbonyl (C=O) groups is 4. The van der Waals surface area contributed by atoms with Gasteiger partial charge in [0.15, 0.2) is 0 Å². The van der Waals surface area contributed by atoms with E-state index in [1.54, 1.807) is 29.4 Å². The zero-order chi connectivity index (χ0) is 44.4. The van der Waals surface area contributed by atoms with Crippen molar-refractivity contribution in [3.05, 3.63) is 120 Å². The number of carbonyl (C=O) groups excluding carboxylic acids is 4. The summed E-state index contributed by atoms with van der Waals surface area (Å²) in [5.41, 5.74) is 6.51. The van der Waals surface area contributed by atoms with E-state index in [0.29, 0.717) is 30.9 Å². The molecule has 3 unspecified atom stereocenters. The van der Waals surface area contributed by atoms with Gasteiger partial charge in [0.1, 0.15) is 23.7 Å². The molecule has 326 valence electrons. The van der Waals surface area contributed by atoms with Crippen molar-refractivity contribution in [1.29, 1.82) is 0 Å². The Bertz CT molecular complexity index is 2560. The number of amidine groups is 1. The fraction of sp³-hybridized carbons (Fsp3) is 0.354. The Kier molecular flexibility index (Phi) is 12.3. The first-order chi connectivity index (χ1) is 30.4. The van der Waals surface area contributed by atoms with Gasteiger partial charge in [-0.05, 0) is 77.8 Å². The maximum Gasteiger partial charge on any atom is 0.407 e. The van der Waals surface area contributed by atoms with Gasteiger partial charge < -0.3 is 40.2 Å². The van der Waals surface area contributed by atoms with E-state index < -0.39 is 24.3 Å². The Hall–Kier alpha value is -7.03. The quantitative estimate of drug-likeness (QED) is 0.102. The van der Waals surface area contributed by atoms with E-state index in [2.05, 4.69) is 100 Å². The summed E-state index contributed by atoms with van der Waals surface area (Å²) in [5.74, 6) is 0.892. The molecule has 0 aliphatic carbocycles. The van der Waals surface area contributed by atoms with Crippen molar-refractivity contribution in [2.75, 3.05) is 27.3 Å². The number of aliphatic imine (C=N–C) groups is 1. The number of benzene rings is 3. The molecule has 0 saturated carbocycles. The summed E-state index contributed by atoms with van der Waals surface area (Å²) >= 11 is 0. The summed E-state index contributed by atoms with van der Waals surface area (Å²) in [5, 5.41) is 11.1. The Morgan fingerprint density at radius 3 is 2.24 bits per heavy atom. The van der Waals surface area contributed by atoms with E-state index in [4.69, 9.17) is 19.5 Å². The number of amides is 4. The number of pyridine rings is 1. The summed E-state index contributed by atoms with van der Waals surface area (Å²) in [6.45, 7) is 11.0. The number of alkyl carbamates (subject to hydrolysis) is 2. The van der Waals surface area contributed by atoms with Gasteiger partial charge in [-0.15, -0.1) is 0 Å². The Balaban J connectivity index is 0.955. The molecule has 3 aliphatic heterocycles. The van der Waals surface area contributed by atoms with Crippen LogP contribution in [0.2, 0.25) is 0 Å². The second kappa shape index (κ2) is 18.1. The second-order valence-corrected chi connectivity index (χ2v) is 16.8. The molecule has 2 saturated heterocycles. The largest absolute Gasteiger partial charge is 0.453 e. The second-order valence-electron chi connectivity index (χ2n) is 16.8. The predicted molar refractivity (Wildman–Crippen MR) is 239 cm³/mol. The number of ether oxygens (including phenoxy) is 2. The molecule has 5 heterocycles. The van der Waals surface area contributed by atoms with Gasteiger partial charge in [-0.2, -0.15) is 0 Å². The zero-order valence-electron chi connectivity index (χ0n) is 36.1. The average molecular weight is 852 g/mol. The third-order valence-electron chi connectivity index (χ3n) is 12.3. The maximum atomic E-state index is 14.1. The molecule has 0 radical (unpaired) electrons. The number of likely N-dealkylation sites (tertiary alicyclic amines) is 2. The lowest BCUT2D eigenvalue weighted by Gasteiger charge is -2.30. The van der Waals surface area contributed by atoms with Crippen molar-refractivity contribution in [1.82, 2.24) is 40.7 Å². The summed E-state index contributed by atoms with van der Waals surface area (Å²) < 4.78 is 9.61. The average Bonchev–Trinajstić information content (AvgIpc) is 4.13. The van der Waals surface area contributed by atoms with Gasteiger partial charge in [0.05, 0.1) is 50.3 Å². The highest BCUT2D eigenvalue weighted by Crippen LogP contribution is 2.36. The number of hydrogen-bond acceptors (Lipinski definition) is 10. The first-order valence-corrected chi connectivity index (χ1v) is 21.3. The van der Waals surface area contributed by atoms with Gasteiger partial charge in [0.2, 0.25) is 5.91 Å². The number of imidazole rings is 1. The minimum Gasteiger partial charge on any atom is -0.453 e. The standard InChI is InChI=1S/C48H53N9O6/c1-27(2)40(54-47(60)62-5)45(58)56-20-8-10-38(56)43-50-25-37(52-43)35-18-17-33-22-32(15-16-34(33)23-35)30-11-13-31(14-12-30)41-29(4)51-44(53-41)39-21-28(3)26-57(39)46(59)42(55-48(61)63-6)36-9-7-19-49-24-36/h7,9,11-19,22-25,27,29,38-42H,3,8,10,20-21,26H2,1-2,4-6H3,(H,50,52)(H,51,53)(H,54,60)(H,55,61)/t29?,38-,39-,40-,41?,42?/m0/s1. The van der Waals surface area contributed by atoms with Gasteiger partial charge in [0, 0.05) is 36.6 Å². The van der Waals surface area contributed by atoms with E-state index in [9.17, 15) is 19.2 Å². The van der Waals surface area contributed by atoms with E-state index in [0.717, 1.165) is 63.0 Å². The van der Waals surface area contributed by atoms with E-state index >= 15 is 0 Å². The topological polar surface area (TPSA) is 183 Å². The Morgan fingerprint density at radius 2 is 1.54 bits per heavy atom. The smallest absolute Gasteiger partial charge is 0.407 e. The van der Waals surface area contributed by atoms with Gasteiger partial charge in [-0.1, -0.05) is 80.6 Å². The number of aromatic amines is 1. The van der Waals surface area contributed by atoms with Gasteiger partial charge in [-0.25, -0.2) is 14.6 Å². The molecule has 3 aliphatic rings. The zero-order valence-corrected chi connectivity index (χ0v) is 36.1. The first kappa shape index (κ1) is 42.7. The molecule has 2 aromatic heterocycles. The van der Waals surface area contributed by atoms with Crippen LogP contribution in [-0.4, -0.2) is 100 Å². The molecule has 63 heavy (non-hydrogen) atoms. The summed E-state index contributed by atoms with van der Waals surface area (Å²) in [6, 6.07) is 22.2. The Labute approximate surface area is 366 Å². The number of nitrogens with one attached hydrogen (secondary N) is 4. The normalized spacial score (nSPS) is 20.6. The minimum atomic E-state index is -0.986. The van der Waals surface area contributed by atoms with Crippen molar-refractivity contribution in [3.63, 3.8) is 0 Å². The van der Waals surface area contributed by atoms with Crippen LogP contribution >= 0.6 is 0 Å². The molecule has 4 N–H and O–H groups in total. The van der Waals surface area contributed by atoms with Crippen LogP contribution < -0.4 is 16.0 Å². The van der Waals surface area contributed by atoms with Gasteiger partial charge in [-0.3, -0.25) is 19.6 Å². The summed E-state index contributed by atoms with van der Waals surface area (Å²) in [7, 11) is 2.55. The molecule has 3 aromatic carbocycles. The molecular formula is C48H53N9O6. The number of rotatable bonds is 11. The SMILES string of the molecule is C=C1C[C@@H](C2=NC(c3ccc(-c4ccc5cc(-c6cnc([C@@H]7CCCN7C(=O)[C@@H](NC(=O)OC)C(C)C)[nH]6)ccc5c4)cc3)C(C)N2)N(C(=O)C(NC(=O)OC)c2cccnc2)C1. The highest BCUT2D eigenvalue weighted by Gasteiger charge is 2.42. The molecule has 2 fully saturated rings. The molecule has 0 bridgehead atoms. The van der Waals surface area contributed by atoms with Crippen molar-refractivity contribution in [3.8, 4) is 22.4 Å². The van der Waals surface area contributed by atoms with Gasteiger partial charge >= 0.3 is 12.2 Å². The lowest BCUT2D eigenvalue weighted by Crippen LogP contribution is -2.51. The lowest BCUT2D eigenvalue weighted by atomic mass is 9.96. The van der Waals surface area contributed by atoms with Gasteiger partial charge in [0.25, 0.3) is 5.91 Å². The monoisotopic (exact) mass is 851 g/mol. The lowest BCUT2D eigenvalue weighted by molar-refractivity contribution is -0.135. The van der Waals surface area contributed by atoms with E-state index in [1.807, 2.05) is 24.9 Å². The van der Waals surface area contributed by atoms with Crippen molar-refractivity contribution in [2.24, 2.45) is 10.9 Å². The molecule has 5 aromatic rings. The van der Waals surface area contributed by atoms with Crippen LogP contribution in [0.5, 0.6) is 0 Å². The molecule has 4 amide bonds. The fourth-order valence-corrected chi connectivity index (χ4v) is 8.92.